The van der Waals surface area contributed by atoms with Gasteiger partial charge >= 0.3 is 5.97 Å². The molecule has 1 aliphatic heterocycles. The van der Waals surface area contributed by atoms with Crippen molar-refractivity contribution in [2.24, 2.45) is 0 Å². The quantitative estimate of drug-likeness (QED) is 0.643. The standard InChI is InChI=1S/C21H26N2O5S/c1-3-28-19-8-10-20(11-9-19)29(25,26)23-14-12-22(13-15-23)16-17-4-6-18(7-5-17)21(24)27-2/h4-11H,3,12-16H2,1-2H3. The van der Waals surface area contributed by atoms with E-state index < -0.39 is 10.0 Å². The first kappa shape index (κ1) is 21.3. The maximum absolute atomic E-state index is 12.9. The number of hydrogen-bond acceptors (Lipinski definition) is 6. The molecule has 7 nitrogen and oxygen atoms in total. The van der Waals surface area contributed by atoms with Gasteiger partial charge in [0.2, 0.25) is 10.0 Å². The first-order valence-electron chi connectivity index (χ1n) is 9.56. The molecule has 2 aromatic rings. The summed E-state index contributed by atoms with van der Waals surface area (Å²) in [4.78, 5) is 14.0. The van der Waals surface area contributed by atoms with Crippen LogP contribution in [-0.4, -0.2) is 63.5 Å². The Kier molecular flexibility index (Phi) is 6.89. The van der Waals surface area contributed by atoms with Gasteiger partial charge in [0.25, 0.3) is 0 Å². The van der Waals surface area contributed by atoms with E-state index in [1.54, 1.807) is 36.4 Å². The highest BCUT2D eigenvalue weighted by Gasteiger charge is 2.28. The zero-order chi connectivity index (χ0) is 20.9. The molecule has 1 aliphatic rings. The third-order valence-electron chi connectivity index (χ3n) is 4.88. The Morgan fingerprint density at radius 2 is 1.59 bits per heavy atom. The molecule has 156 valence electrons. The van der Waals surface area contributed by atoms with Crippen LogP contribution >= 0.6 is 0 Å². The van der Waals surface area contributed by atoms with E-state index in [0.717, 1.165) is 5.56 Å². The lowest BCUT2D eigenvalue weighted by Crippen LogP contribution is -2.48. The van der Waals surface area contributed by atoms with Crippen LogP contribution in [0.25, 0.3) is 0 Å². The molecule has 2 aromatic carbocycles. The van der Waals surface area contributed by atoms with E-state index in [4.69, 9.17) is 9.47 Å². The second kappa shape index (κ2) is 9.39. The Bertz CT molecular complexity index is 919. The molecule has 0 saturated carbocycles. The van der Waals surface area contributed by atoms with E-state index in [1.807, 2.05) is 19.1 Å². The van der Waals surface area contributed by atoms with E-state index in [0.29, 0.717) is 50.6 Å². The van der Waals surface area contributed by atoms with E-state index >= 15 is 0 Å². The van der Waals surface area contributed by atoms with Crippen molar-refractivity contribution in [3.05, 3.63) is 59.7 Å². The normalized spacial score (nSPS) is 15.8. The second-order valence-electron chi connectivity index (χ2n) is 6.77. The molecule has 1 heterocycles. The molecule has 1 fully saturated rings. The van der Waals surface area contributed by atoms with Crippen LogP contribution < -0.4 is 4.74 Å². The van der Waals surface area contributed by atoms with Gasteiger partial charge in [0.1, 0.15) is 5.75 Å². The zero-order valence-electron chi connectivity index (χ0n) is 16.7. The highest BCUT2D eigenvalue weighted by Crippen LogP contribution is 2.21. The number of sulfonamides is 1. The summed E-state index contributed by atoms with van der Waals surface area (Å²) >= 11 is 0. The Balaban J connectivity index is 1.57. The first-order chi connectivity index (χ1) is 13.9. The van der Waals surface area contributed by atoms with Crippen LogP contribution in [0.5, 0.6) is 5.75 Å². The smallest absolute Gasteiger partial charge is 0.337 e. The van der Waals surface area contributed by atoms with Crippen LogP contribution in [0, 0.1) is 0 Å². The average Bonchev–Trinajstić information content (AvgIpc) is 2.75. The summed E-state index contributed by atoms with van der Waals surface area (Å²) in [6.45, 7) is 5.31. The molecule has 0 radical (unpaired) electrons. The van der Waals surface area contributed by atoms with Gasteiger partial charge in [-0.05, 0) is 48.9 Å². The monoisotopic (exact) mass is 418 g/mol. The average molecular weight is 419 g/mol. The molecule has 0 aromatic heterocycles. The minimum absolute atomic E-state index is 0.285. The number of nitrogens with zero attached hydrogens (tertiary/aromatic N) is 2. The third-order valence-corrected chi connectivity index (χ3v) is 6.80. The molecular formula is C21H26N2O5S. The highest BCUT2D eigenvalue weighted by molar-refractivity contribution is 7.89. The summed E-state index contributed by atoms with van der Waals surface area (Å²) in [5, 5.41) is 0. The SMILES string of the molecule is CCOc1ccc(S(=O)(=O)N2CCN(Cc3ccc(C(=O)OC)cc3)CC2)cc1. The van der Waals surface area contributed by atoms with Crippen LogP contribution in [0.2, 0.25) is 0 Å². The van der Waals surface area contributed by atoms with Gasteiger partial charge in [-0.25, -0.2) is 13.2 Å². The molecule has 1 saturated heterocycles. The van der Waals surface area contributed by atoms with Gasteiger partial charge in [-0.1, -0.05) is 12.1 Å². The third kappa shape index (κ3) is 5.14. The lowest BCUT2D eigenvalue weighted by molar-refractivity contribution is 0.0600. The van der Waals surface area contributed by atoms with Gasteiger partial charge in [0.15, 0.2) is 0 Å². The summed E-state index contributed by atoms with van der Waals surface area (Å²) in [6.07, 6.45) is 0. The van der Waals surface area contributed by atoms with E-state index in [2.05, 4.69) is 4.90 Å². The molecule has 3 rings (SSSR count). The Morgan fingerprint density at radius 1 is 0.966 bits per heavy atom. The van der Waals surface area contributed by atoms with Gasteiger partial charge in [-0.15, -0.1) is 0 Å². The molecule has 29 heavy (non-hydrogen) atoms. The highest BCUT2D eigenvalue weighted by atomic mass is 32.2. The van der Waals surface area contributed by atoms with Gasteiger partial charge in [0, 0.05) is 32.7 Å². The largest absolute Gasteiger partial charge is 0.494 e. The van der Waals surface area contributed by atoms with E-state index in [-0.39, 0.29) is 10.9 Å². The van der Waals surface area contributed by atoms with Crippen LogP contribution in [0.4, 0.5) is 0 Å². The molecule has 0 aliphatic carbocycles. The van der Waals surface area contributed by atoms with Crippen LogP contribution in [0.1, 0.15) is 22.8 Å². The van der Waals surface area contributed by atoms with Gasteiger partial charge in [-0.3, -0.25) is 4.90 Å². The maximum Gasteiger partial charge on any atom is 0.337 e. The van der Waals surface area contributed by atoms with Gasteiger partial charge in [0.05, 0.1) is 24.2 Å². The lowest BCUT2D eigenvalue weighted by atomic mass is 10.1. The predicted octanol–water partition coefficient (Wildman–Crippen LogP) is 2.38. The van der Waals surface area contributed by atoms with Crippen molar-refractivity contribution in [1.82, 2.24) is 9.21 Å². The Morgan fingerprint density at radius 3 is 2.14 bits per heavy atom. The number of piperazine rings is 1. The topological polar surface area (TPSA) is 76.2 Å². The lowest BCUT2D eigenvalue weighted by Gasteiger charge is -2.34. The molecule has 0 amide bonds. The number of carbonyl (C=O) groups is 1. The minimum Gasteiger partial charge on any atom is -0.494 e. The summed E-state index contributed by atoms with van der Waals surface area (Å²) in [5.41, 5.74) is 1.59. The maximum atomic E-state index is 12.9. The molecule has 0 bridgehead atoms. The van der Waals surface area contributed by atoms with Crippen LogP contribution in [0.3, 0.4) is 0 Å². The first-order valence-corrected chi connectivity index (χ1v) is 11.0. The summed E-state index contributed by atoms with van der Waals surface area (Å²) < 4.78 is 37.4. The van der Waals surface area contributed by atoms with Gasteiger partial charge < -0.3 is 9.47 Å². The molecule has 0 unspecified atom stereocenters. The number of methoxy groups -OCH3 is 1. The van der Waals surface area contributed by atoms with Crippen molar-refractivity contribution in [3.8, 4) is 5.75 Å². The number of esters is 1. The summed E-state index contributed by atoms with van der Waals surface area (Å²) in [6, 6.07) is 13.8. The number of carbonyl (C=O) groups excluding carboxylic acids is 1. The van der Waals surface area contributed by atoms with E-state index in [9.17, 15) is 13.2 Å². The number of benzene rings is 2. The Labute approximate surface area is 171 Å². The number of rotatable bonds is 7. The van der Waals surface area contributed by atoms with Crippen molar-refractivity contribution in [1.29, 1.82) is 0 Å². The minimum atomic E-state index is -3.51. The molecule has 0 spiro atoms. The second-order valence-corrected chi connectivity index (χ2v) is 8.71. The van der Waals surface area contributed by atoms with Crippen molar-refractivity contribution < 1.29 is 22.7 Å². The summed E-state index contributed by atoms with van der Waals surface area (Å²) in [7, 11) is -2.15. The Hall–Kier alpha value is -2.42. The summed E-state index contributed by atoms with van der Waals surface area (Å²) in [5.74, 6) is 0.305. The zero-order valence-corrected chi connectivity index (χ0v) is 17.5. The molecular weight excluding hydrogens is 392 g/mol. The van der Waals surface area contributed by atoms with Crippen LogP contribution in [-0.2, 0) is 21.3 Å². The van der Waals surface area contributed by atoms with Crippen molar-refractivity contribution in [2.45, 2.75) is 18.4 Å². The number of hydrogen-bond donors (Lipinski definition) is 0. The van der Waals surface area contributed by atoms with E-state index in [1.165, 1.54) is 11.4 Å². The predicted molar refractivity (Wildman–Crippen MR) is 109 cm³/mol. The molecule has 8 heteroatoms. The van der Waals surface area contributed by atoms with Crippen molar-refractivity contribution in [2.75, 3.05) is 39.9 Å². The number of ether oxygens (including phenoxy) is 2. The van der Waals surface area contributed by atoms with Gasteiger partial charge in [-0.2, -0.15) is 4.31 Å². The van der Waals surface area contributed by atoms with Crippen LogP contribution in [0.15, 0.2) is 53.4 Å². The fraction of sp³-hybridized carbons (Fsp3) is 0.381. The molecule has 0 N–H and O–H groups in total. The van der Waals surface area contributed by atoms with Crippen molar-refractivity contribution >= 4 is 16.0 Å². The molecule has 0 atom stereocenters. The van der Waals surface area contributed by atoms with Crippen molar-refractivity contribution in [3.63, 3.8) is 0 Å². The fourth-order valence-corrected chi connectivity index (χ4v) is 4.70. The fourth-order valence-electron chi connectivity index (χ4n) is 3.27.